The molecule has 0 aromatic heterocycles. The summed E-state index contributed by atoms with van der Waals surface area (Å²) in [6, 6.07) is 0. The smallest absolute Gasteiger partial charge is 0.306 e. The van der Waals surface area contributed by atoms with Crippen LogP contribution >= 0.6 is 0 Å². The first-order valence-corrected chi connectivity index (χ1v) is 25.6. The third-order valence-corrected chi connectivity index (χ3v) is 12.1. The second kappa shape index (κ2) is 38.6. The molecule has 0 aliphatic carbocycles. The van der Waals surface area contributed by atoms with Gasteiger partial charge in [-0.25, -0.2) is 0 Å². The first kappa shape index (κ1) is 59.8. The fraction of sp³-hybridized carbons (Fsp3) is 0.843. The van der Waals surface area contributed by atoms with Crippen molar-refractivity contribution in [2.45, 2.75) is 248 Å². The number of aliphatic hydroxyl groups is 7. The summed E-state index contributed by atoms with van der Waals surface area (Å²) >= 11 is 0. The molecule has 15 heteroatoms. The van der Waals surface area contributed by atoms with Gasteiger partial charge in [0.05, 0.1) is 19.8 Å². The second-order valence-electron chi connectivity index (χ2n) is 18.0. The molecule has 2 aliphatic heterocycles. The van der Waals surface area contributed by atoms with Gasteiger partial charge in [0.15, 0.2) is 18.7 Å². The summed E-state index contributed by atoms with van der Waals surface area (Å²) in [6.07, 6.45) is 23.1. The van der Waals surface area contributed by atoms with Gasteiger partial charge in [-0.05, 0) is 44.9 Å². The van der Waals surface area contributed by atoms with Crippen molar-refractivity contribution in [1.29, 1.82) is 0 Å². The number of hydrogen-bond acceptors (Lipinski definition) is 15. The average Bonchev–Trinajstić information content (AvgIpc) is 3.31. The van der Waals surface area contributed by atoms with E-state index in [2.05, 4.69) is 50.3 Å². The van der Waals surface area contributed by atoms with Crippen LogP contribution < -0.4 is 0 Å². The first-order chi connectivity index (χ1) is 32.0. The van der Waals surface area contributed by atoms with Crippen molar-refractivity contribution in [1.82, 2.24) is 0 Å². The molecule has 0 amide bonds. The van der Waals surface area contributed by atoms with Crippen molar-refractivity contribution < 1.29 is 73.8 Å². The highest BCUT2D eigenvalue weighted by Crippen LogP contribution is 2.26. The monoisotopic (exact) mass is 943 g/mol. The molecule has 0 bridgehead atoms. The fourth-order valence-electron chi connectivity index (χ4n) is 7.94. The van der Waals surface area contributed by atoms with Crippen LogP contribution in [0.5, 0.6) is 0 Å². The SMILES string of the molecule is CC/C=C\C/C=C\C/C=C\CCCCCCCC(=O)O[C@H](COC(=O)CCCCCCCCCCCCCCCCC)CO[C@@H]1O[C@H](CO[C@H]2O[C@H](CO)[C@H](O)[C@H](O)[C@H]2O)[C@H](O)[C@H](O)[C@H]1O. The lowest BCUT2D eigenvalue weighted by atomic mass is 9.98. The van der Waals surface area contributed by atoms with Crippen molar-refractivity contribution in [2.75, 3.05) is 26.4 Å². The minimum atomic E-state index is -1.77. The molecule has 0 aromatic carbocycles. The Balaban J connectivity index is 1.82. The number of allylic oxidation sites excluding steroid dienone is 6. The van der Waals surface area contributed by atoms with Crippen LogP contribution in [0.2, 0.25) is 0 Å². The number of esters is 2. The molecule has 2 saturated heterocycles. The topological polar surface area (TPSA) is 231 Å². The lowest BCUT2D eigenvalue weighted by Gasteiger charge is -2.42. The molecule has 7 N–H and O–H groups in total. The van der Waals surface area contributed by atoms with E-state index in [1.807, 2.05) is 0 Å². The Kier molecular flexibility index (Phi) is 35.0. The van der Waals surface area contributed by atoms with Gasteiger partial charge in [0.1, 0.15) is 55.4 Å². The van der Waals surface area contributed by atoms with Crippen molar-refractivity contribution in [2.24, 2.45) is 0 Å². The zero-order chi connectivity index (χ0) is 48.2. The summed E-state index contributed by atoms with van der Waals surface area (Å²) in [5.41, 5.74) is 0. The van der Waals surface area contributed by atoms with Crippen LogP contribution in [-0.2, 0) is 38.0 Å². The van der Waals surface area contributed by atoms with Gasteiger partial charge >= 0.3 is 11.9 Å². The van der Waals surface area contributed by atoms with Crippen LogP contribution in [-0.4, -0.2) is 142 Å². The van der Waals surface area contributed by atoms with Crippen LogP contribution in [0.4, 0.5) is 0 Å². The molecule has 2 rings (SSSR count). The van der Waals surface area contributed by atoms with Crippen molar-refractivity contribution in [3.05, 3.63) is 36.5 Å². The molecule has 0 radical (unpaired) electrons. The van der Waals surface area contributed by atoms with Gasteiger partial charge in [0.2, 0.25) is 0 Å². The molecule has 2 heterocycles. The molecule has 11 atom stereocenters. The summed E-state index contributed by atoms with van der Waals surface area (Å²) in [5, 5.41) is 72.0. The van der Waals surface area contributed by atoms with Gasteiger partial charge in [-0.3, -0.25) is 9.59 Å². The summed E-state index contributed by atoms with van der Waals surface area (Å²) in [4.78, 5) is 25.7. The highest BCUT2D eigenvalue weighted by molar-refractivity contribution is 5.70. The molecule has 66 heavy (non-hydrogen) atoms. The lowest BCUT2D eigenvalue weighted by Crippen LogP contribution is -2.61. The predicted octanol–water partition coefficient (Wildman–Crippen LogP) is 6.93. The normalized spacial score (nSPS) is 26.4. The Bertz CT molecular complexity index is 1290. The molecule has 0 unspecified atom stereocenters. The van der Waals surface area contributed by atoms with Crippen LogP contribution in [0.25, 0.3) is 0 Å². The van der Waals surface area contributed by atoms with Gasteiger partial charge in [0.25, 0.3) is 0 Å². The summed E-state index contributed by atoms with van der Waals surface area (Å²) in [7, 11) is 0. The number of aliphatic hydroxyl groups excluding tert-OH is 7. The third kappa shape index (κ3) is 26.5. The lowest BCUT2D eigenvalue weighted by molar-refractivity contribution is -0.332. The number of ether oxygens (including phenoxy) is 6. The number of unbranched alkanes of at least 4 members (excludes halogenated alkanes) is 19. The highest BCUT2D eigenvalue weighted by atomic mass is 16.7. The molecule has 0 saturated carbocycles. The predicted molar refractivity (Wildman–Crippen MR) is 252 cm³/mol. The number of rotatable bonds is 39. The van der Waals surface area contributed by atoms with E-state index >= 15 is 0 Å². The average molecular weight is 943 g/mol. The molecule has 384 valence electrons. The maximum absolute atomic E-state index is 13.0. The minimum absolute atomic E-state index is 0.147. The molecule has 0 aromatic rings. The van der Waals surface area contributed by atoms with E-state index in [0.717, 1.165) is 70.6 Å². The molecular weight excluding hydrogens is 853 g/mol. The van der Waals surface area contributed by atoms with Crippen molar-refractivity contribution in [3.8, 4) is 0 Å². The van der Waals surface area contributed by atoms with E-state index in [0.29, 0.717) is 12.8 Å². The highest BCUT2D eigenvalue weighted by Gasteiger charge is 2.47. The van der Waals surface area contributed by atoms with Crippen molar-refractivity contribution in [3.63, 3.8) is 0 Å². The number of carbonyl (C=O) groups is 2. The second-order valence-corrected chi connectivity index (χ2v) is 18.0. The largest absolute Gasteiger partial charge is 0.462 e. The standard InChI is InChI=1S/C51H90O15/c1-3-5-7-9-11-13-15-17-19-21-23-25-27-29-31-33-42(53)61-36-39(64-43(54)34-32-30-28-26-24-22-20-18-16-14-12-10-8-6-4-2)37-62-50-49(60)47(58)45(56)41(66-50)38-63-51-48(59)46(57)44(55)40(35-52)65-51/h6,8,12,14,18,20,39-41,44-52,55-60H,3-5,7,9-11,13,15-17,19,21-38H2,1-2H3/b8-6-,14-12-,20-18-/t39-,40-,41-,44+,45+,46+,47+,48-,49-,50-,51+/m1/s1. The third-order valence-electron chi connectivity index (χ3n) is 12.1. The van der Waals surface area contributed by atoms with Gasteiger partial charge < -0.3 is 64.2 Å². The van der Waals surface area contributed by atoms with E-state index in [9.17, 15) is 45.3 Å². The Hall–Kier alpha value is -2.28. The molecule has 15 nitrogen and oxygen atoms in total. The maximum atomic E-state index is 13.0. The van der Waals surface area contributed by atoms with Crippen LogP contribution in [0.1, 0.15) is 181 Å². The zero-order valence-electron chi connectivity index (χ0n) is 40.4. The Morgan fingerprint density at radius 2 is 0.955 bits per heavy atom. The van der Waals surface area contributed by atoms with E-state index in [1.54, 1.807) is 0 Å². The summed E-state index contributed by atoms with van der Waals surface area (Å²) < 4.78 is 33.6. The zero-order valence-corrected chi connectivity index (χ0v) is 40.4. The first-order valence-electron chi connectivity index (χ1n) is 25.6. The van der Waals surface area contributed by atoms with E-state index in [-0.39, 0.29) is 26.1 Å². The van der Waals surface area contributed by atoms with Crippen LogP contribution in [0.3, 0.4) is 0 Å². The van der Waals surface area contributed by atoms with E-state index < -0.39 is 92.7 Å². The fourth-order valence-corrected chi connectivity index (χ4v) is 7.94. The van der Waals surface area contributed by atoms with Crippen LogP contribution in [0, 0.1) is 0 Å². The summed E-state index contributed by atoms with van der Waals surface area (Å²) in [6.45, 7) is 2.47. The van der Waals surface area contributed by atoms with Gasteiger partial charge in [0, 0.05) is 12.8 Å². The molecule has 2 fully saturated rings. The minimum Gasteiger partial charge on any atom is -0.462 e. The Morgan fingerprint density at radius 1 is 0.500 bits per heavy atom. The van der Waals surface area contributed by atoms with Gasteiger partial charge in [-0.15, -0.1) is 0 Å². The van der Waals surface area contributed by atoms with E-state index in [1.165, 1.54) is 70.6 Å². The Morgan fingerprint density at radius 3 is 1.50 bits per heavy atom. The molecule has 0 spiro atoms. The van der Waals surface area contributed by atoms with E-state index in [4.69, 9.17) is 28.4 Å². The van der Waals surface area contributed by atoms with Crippen LogP contribution in [0.15, 0.2) is 36.5 Å². The van der Waals surface area contributed by atoms with Crippen molar-refractivity contribution >= 4 is 11.9 Å². The van der Waals surface area contributed by atoms with Gasteiger partial charge in [-0.2, -0.15) is 0 Å². The maximum Gasteiger partial charge on any atom is 0.306 e. The molecule has 2 aliphatic rings. The number of carbonyl (C=O) groups excluding carboxylic acids is 2. The number of hydrogen-bond donors (Lipinski definition) is 7. The molecular formula is C51H90O15. The Labute approximate surface area is 395 Å². The summed E-state index contributed by atoms with van der Waals surface area (Å²) in [5.74, 6) is -0.940. The van der Waals surface area contributed by atoms with Gasteiger partial charge in [-0.1, -0.05) is 159 Å². The quantitative estimate of drug-likeness (QED) is 0.0188.